The number of rotatable bonds is 5. The smallest absolute Gasteiger partial charge is 0.335 e. The Bertz CT molecular complexity index is 581. The monoisotopic (exact) mass is 356 g/mol. The molecule has 4 N–H and O–H groups in total. The molecule has 0 aliphatic carbocycles. The number of hydrogen-bond acceptors (Lipinski definition) is 7. The van der Waals surface area contributed by atoms with Crippen LogP contribution >= 0.6 is 11.3 Å². The summed E-state index contributed by atoms with van der Waals surface area (Å²) >= 11 is 1.75. The summed E-state index contributed by atoms with van der Waals surface area (Å²) in [5.41, 5.74) is 0. The highest BCUT2D eigenvalue weighted by Gasteiger charge is 2.29. The fourth-order valence-corrected chi connectivity index (χ4v) is 2.35. The molecule has 0 amide bonds. The van der Waals surface area contributed by atoms with Crippen LogP contribution in [0.2, 0.25) is 0 Å². The molecule has 8 nitrogen and oxygen atoms in total. The molecule has 0 radical (unpaired) electrons. The van der Waals surface area contributed by atoms with Crippen molar-refractivity contribution >= 4 is 35.2 Å². The van der Waals surface area contributed by atoms with Crippen molar-refractivity contribution in [1.82, 2.24) is 4.90 Å². The van der Waals surface area contributed by atoms with E-state index in [1.54, 1.807) is 11.3 Å². The van der Waals surface area contributed by atoms with Gasteiger partial charge >= 0.3 is 11.9 Å². The molecule has 1 aliphatic rings. The van der Waals surface area contributed by atoms with Crippen LogP contribution < -0.4 is 0 Å². The molecule has 2 atom stereocenters. The van der Waals surface area contributed by atoms with Gasteiger partial charge in [-0.05, 0) is 30.0 Å². The normalized spacial score (nSPS) is 16.8. The number of aliphatic carboxylic acids is 2. The number of carboxylic acids is 2. The maximum absolute atomic E-state index is 9.77. The van der Waals surface area contributed by atoms with Gasteiger partial charge < -0.3 is 25.3 Å². The topological polar surface area (TPSA) is 131 Å². The molecule has 9 heteroatoms. The van der Waals surface area contributed by atoms with Crippen molar-refractivity contribution < 1.29 is 30.0 Å². The van der Waals surface area contributed by atoms with Crippen LogP contribution in [0.3, 0.4) is 0 Å². The molecule has 0 saturated carbocycles. The van der Waals surface area contributed by atoms with Gasteiger partial charge in [0.2, 0.25) is 0 Å². The van der Waals surface area contributed by atoms with Gasteiger partial charge in [0, 0.05) is 25.0 Å². The minimum atomic E-state index is -2.27. The average Bonchev–Trinajstić information content (AvgIpc) is 3.06. The third kappa shape index (κ3) is 6.49. The standard InChI is InChI=1S/C11H14N2S.C4H6O6/c1-13-8-3-7-12-11(13)6-5-10-4-2-9-14-10;5-1(3(7)8)2(6)4(9)10/h2,4-6,9H,3,7-8H2,1H3;1-2,5-6H,(H,7,8)(H,9,10)/b6-5+;/t;1-,2+. The molecular formula is C15H20N2O6S. The minimum Gasteiger partial charge on any atom is -0.479 e. The van der Waals surface area contributed by atoms with Crippen LogP contribution in [-0.2, 0) is 9.59 Å². The van der Waals surface area contributed by atoms with Gasteiger partial charge in [-0.2, -0.15) is 0 Å². The van der Waals surface area contributed by atoms with Gasteiger partial charge in [0.15, 0.2) is 12.2 Å². The van der Waals surface area contributed by atoms with Crippen LogP contribution in [0, 0.1) is 0 Å². The second kappa shape index (κ2) is 9.81. The molecule has 0 spiro atoms. The number of aliphatic hydroxyl groups excluding tert-OH is 2. The molecule has 2 rings (SSSR count). The quantitative estimate of drug-likeness (QED) is 0.599. The highest BCUT2D eigenvalue weighted by atomic mass is 32.1. The third-order valence-corrected chi connectivity index (χ3v) is 3.90. The number of thiophene rings is 1. The zero-order chi connectivity index (χ0) is 18.1. The van der Waals surface area contributed by atoms with Crippen molar-refractivity contribution in [2.24, 2.45) is 4.99 Å². The first-order valence-corrected chi connectivity index (χ1v) is 7.99. The van der Waals surface area contributed by atoms with Crippen LogP contribution in [-0.4, -0.2) is 75.4 Å². The summed E-state index contributed by atoms with van der Waals surface area (Å²) in [4.78, 5) is 27.5. The average molecular weight is 356 g/mol. The van der Waals surface area contributed by atoms with E-state index in [0.29, 0.717) is 0 Å². The first-order valence-electron chi connectivity index (χ1n) is 7.12. The number of amidine groups is 1. The van der Waals surface area contributed by atoms with Crippen molar-refractivity contribution in [1.29, 1.82) is 0 Å². The molecule has 24 heavy (non-hydrogen) atoms. The molecule has 1 aromatic rings. The number of aliphatic hydroxyl groups is 2. The lowest BCUT2D eigenvalue weighted by Crippen LogP contribution is -2.39. The lowest BCUT2D eigenvalue weighted by molar-refractivity contribution is -0.165. The van der Waals surface area contributed by atoms with Crippen LogP contribution in [0.15, 0.2) is 28.6 Å². The zero-order valence-corrected chi connectivity index (χ0v) is 13.9. The molecule has 0 aromatic carbocycles. The molecule has 1 aromatic heterocycles. The molecule has 0 saturated heterocycles. The Morgan fingerprint density at radius 2 is 1.88 bits per heavy atom. The Morgan fingerprint density at radius 3 is 2.33 bits per heavy atom. The maximum Gasteiger partial charge on any atom is 0.335 e. The Hall–Kier alpha value is -2.23. The van der Waals surface area contributed by atoms with Crippen molar-refractivity contribution in [3.05, 3.63) is 28.5 Å². The van der Waals surface area contributed by atoms with E-state index in [4.69, 9.17) is 20.4 Å². The van der Waals surface area contributed by atoms with E-state index in [9.17, 15) is 9.59 Å². The maximum atomic E-state index is 9.77. The predicted molar refractivity (Wildman–Crippen MR) is 90.2 cm³/mol. The largest absolute Gasteiger partial charge is 0.479 e. The first-order chi connectivity index (χ1) is 11.3. The summed E-state index contributed by atoms with van der Waals surface area (Å²) < 4.78 is 0. The Morgan fingerprint density at radius 1 is 1.25 bits per heavy atom. The van der Waals surface area contributed by atoms with E-state index in [1.807, 2.05) is 0 Å². The highest BCUT2D eigenvalue weighted by molar-refractivity contribution is 7.10. The number of nitrogens with zero attached hydrogens (tertiary/aromatic N) is 2. The minimum absolute atomic E-state index is 0.967. The second-order valence-corrected chi connectivity index (χ2v) is 5.91. The number of carbonyl (C=O) groups is 2. The van der Waals surface area contributed by atoms with Crippen molar-refractivity contribution in [2.45, 2.75) is 18.6 Å². The molecule has 0 unspecified atom stereocenters. The summed E-state index contributed by atoms with van der Waals surface area (Å²) in [7, 11) is 2.09. The van der Waals surface area contributed by atoms with Crippen molar-refractivity contribution in [3.8, 4) is 0 Å². The Labute approximate surface area is 143 Å². The molecule has 132 valence electrons. The highest BCUT2D eigenvalue weighted by Crippen LogP contribution is 2.11. The molecule has 0 fully saturated rings. The zero-order valence-electron chi connectivity index (χ0n) is 13.1. The van der Waals surface area contributed by atoms with E-state index in [2.05, 4.69) is 46.6 Å². The summed E-state index contributed by atoms with van der Waals surface area (Å²) in [6.07, 6.45) is 0.874. The van der Waals surface area contributed by atoms with Gasteiger partial charge in [-0.25, -0.2) is 9.59 Å². The summed E-state index contributed by atoms with van der Waals surface area (Å²) in [5.74, 6) is -2.44. The van der Waals surface area contributed by atoms with Crippen LogP contribution in [0.5, 0.6) is 0 Å². The summed E-state index contributed by atoms with van der Waals surface area (Å²) in [6, 6.07) is 4.18. The lowest BCUT2D eigenvalue weighted by Gasteiger charge is -2.22. The van der Waals surface area contributed by atoms with Gasteiger partial charge in [-0.1, -0.05) is 6.07 Å². The number of likely N-dealkylation sites (N-methyl/N-ethyl adjacent to an activating group) is 1. The molecule has 1 aliphatic heterocycles. The van der Waals surface area contributed by atoms with Crippen molar-refractivity contribution in [2.75, 3.05) is 20.1 Å². The van der Waals surface area contributed by atoms with E-state index in [0.717, 1.165) is 18.9 Å². The Balaban J connectivity index is 0.000000257. The van der Waals surface area contributed by atoms with Crippen LogP contribution in [0.25, 0.3) is 6.08 Å². The van der Waals surface area contributed by atoms with Crippen LogP contribution in [0.4, 0.5) is 0 Å². The van der Waals surface area contributed by atoms with Crippen LogP contribution in [0.1, 0.15) is 11.3 Å². The SMILES string of the molecule is CN1CCCN=C1/C=C/c1cccs1.O=C(O)[C@@H](O)[C@@H](O)C(=O)O. The molecule has 0 bridgehead atoms. The van der Waals surface area contributed by atoms with Crippen molar-refractivity contribution in [3.63, 3.8) is 0 Å². The molecular weight excluding hydrogens is 336 g/mol. The summed E-state index contributed by atoms with van der Waals surface area (Å²) in [5, 5.41) is 34.6. The van der Waals surface area contributed by atoms with E-state index in [1.165, 1.54) is 11.3 Å². The fraction of sp³-hybridized carbons (Fsp3) is 0.400. The number of aliphatic imine (C=N–C) groups is 1. The second-order valence-electron chi connectivity index (χ2n) is 4.93. The van der Waals surface area contributed by atoms with Gasteiger partial charge in [-0.3, -0.25) is 4.99 Å². The third-order valence-electron chi connectivity index (χ3n) is 3.06. The van der Waals surface area contributed by atoms with Gasteiger partial charge in [0.25, 0.3) is 0 Å². The van der Waals surface area contributed by atoms with Gasteiger partial charge in [0.05, 0.1) is 0 Å². The number of carboxylic acid groups (broad SMARTS) is 2. The van der Waals surface area contributed by atoms with Gasteiger partial charge in [0.1, 0.15) is 5.84 Å². The van der Waals surface area contributed by atoms with E-state index in [-0.39, 0.29) is 0 Å². The Kier molecular flexibility index (Phi) is 8.10. The fourth-order valence-electron chi connectivity index (χ4n) is 1.73. The van der Waals surface area contributed by atoms with E-state index < -0.39 is 24.1 Å². The summed E-state index contributed by atoms with van der Waals surface area (Å²) in [6.45, 7) is 2.09. The van der Waals surface area contributed by atoms with Gasteiger partial charge in [-0.15, -0.1) is 11.3 Å². The van der Waals surface area contributed by atoms with E-state index >= 15 is 0 Å². The number of hydrogen-bond donors (Lipinski definition) is 4. The molecule has 2 heterocycles. The predicted octanol–water partition coefficient (Wildman–Crippen LogP) is 0.373. The lowest BCUT2D eigenvalue weighted by atomic mass is 10.2. The first kappa shape index (κ1) is 19.8.